The van der Waals surface area contributed by atoms with E-state index in [1.165, 1.54) is 5.57 Å². The topological polar surface area (TPSA) is 56.7 Å². The molecule has 5 nitrogen and oxygen atoms in total. The van der Waals surface area contributed by atoms with Crippen molar-refractivity contribution in [2.45, 2.75) is 17.3 Å². The molecule has 19 heavy (non-hydrogen) atoms. The van der Waals surface area contributed by atoms with Crippen LogP contribution in [-0.2, 0) is 4.79 Å². The predicted octanol–water partition coefficient (Wildman–Crippen LogP) is 0.991. The molecular formula is C13H19BrN4O. The first kappa shape index (κ1) is 14.3. The molecule has 2 heterocycles. The van der Waals surface area contributed by atoms with Crippen LogP contribution in [0.25, 0.3) is 0 Å². The fourth-order valence-corrected chi connectivity index (χ4v) is 2.74. The Labute approximate surface area is 122 Å². The molecule has 2 aliphatic heterocycles. The lowest BCUT2D eigenvalue weighted by molar-refractivity contribution is -0.116. The van der Waals surface area contributed by atoms with Gasteiger partial charge in [-0.05, 0) is 26.1 Å². The second-order valence-corrected chi connectivity index (χ2v) is 6.50. The van der Waals surface area contributed by atoms with E-state index in [2.05, 4.69) is 31.6 Å². The number of hydrogen-bond acceptors (Lipinski definition) is 4. The highest BCUT2D eigenvalue weighted by Gasteiger charge is 2.33. The SMILES string of the molecule is CN(C)C/C=C/C(=O)NC1(Br)C=NC2=C(CCN2)C1. The lowest BCUT2D eigenvalue weighted by Gasteiger charge is -2.27. The van der Waals surface area contributed by atoms with Gasteiger partial charge in [-0.25, -0.2) is 4.99 Å². The fourth-order valence-electron chi connectivity index (χ4n) is 2.10. The molecule has 6 heteroatoms. The highest BCUT2D eigenvalue weighted by atomic mass is 79.9. The van der Waals surface area contributed by atoms with Crippen LogP contribution in [0.4, 0.5) is 0 Å². The molecule has 2 rings (SSSR count). The second kappa shape index (κ2) is 5.88. The summed E-state index contributed by atoms with van der Waals surface area (Å²) in [6.07, 6.45) is 6.90. The molecule has 2 aliphatic rings. The van der Waals surface area contributed by atoms with Gasteiger partial charge < -0.3 is 15.5 Å². The first-order valence-electron chi connectivity index (χ1n) is 6.32. The summed E-state index contributed by atoms with van der Waals surface area (Å²) in [6.45, 7) is 1.68. The Morgan fingerprint density at radius 3 is 3.21 bits per heavy atom. The van der Waals surface area contributed by atoms with Gasteiger partial charge in [-0.3, -0.25) is 4.79 Å². The highest BCUT2D eigenvalue weighted by molar-refractivity contribution is 9.10. The summed E-state index contributed by atoms with van der Waals surface area (Å²) in [5, 5.41) is 6.17. The van der Waals surface area contributed by atoms with Crippen LogP contribution < -0.4 is 10.6 Å². The van der Waals surface area contributed by atoms with E-state index in [4.69, 9.17) is 0 Å². The van der Waals surface area contributed by atoms with Crippen molar-refractivity contribution in [2.75, 3.05) is 27.2 Å². The average Bonchev–Trinajstić information content (AvgIpc) is 2.74. The molecule has 104 valence electrons. The Kier molecular flexibility index (Phi) is 4.42. The number of alkyl halides is 1. The minimum absolute atomic E-state index is 0.111. The standard InChI is InChI=1S/C13H19BrN4O/c1-18(2)7-3-4-11(19)17-13(14)8-10-5-6-15-12(10)16-9-13/h3-4,9,15H,5-8H2,1-2H3,(H,17,19)/b4-3+. The summed E-state index contributed by atoms with van der Waals surface area (Å²) in [7, 11) is 3.92. The fraction of sp³-hybridized carbons (Fsp3) is 0.538. The quantitative estimate of drug-likeness (QED) is 0.460. The number of aliphatic imine (C=N–C) groups is 1. The number of carbonyl (C=O) groups is 1. The Morgan fingerprint density at radius 1 is 1.68 bits per heavy atom. The smallest absolute Gasteiger partial charge is 0.245 e. The van der Waals surface area contributed by atoms with Crippen LogP contribution >= 0.6 is 15.9 Å². The molecule has 0 aromatic heterocycles. The molecule has 0 aromatic rings. The van der Waals surface area contributed by atoms with Gasteiger partial charge in [0.25, 0.3) is 0 Å². The van der Waals surface area contributed by atoms with Crippen molar-refractivity contribution in [3.63, 3.8) is 0 Å². The summed E-state index contributed by atoms with van der Waals surface area (Å²) in [5.41, 5.74) is 1.26. The van der Waals surface area contributed by atoms with E-state index in [-0.39, 0.29) is 5.91 Å². The zero-order valence-corrected chi connectivity index (χ0v) is 12.8. The Hall–Kier alpha value is -1.14. The van der Waals surface area contributed by atoms with Crippen LogP contribution in [0.1, 0.15) is 12.8 Å². The van der Waals surface area contributed by atoms with E-state index in [0.29, 0.717) is 0 Å². The van der Waals surface area contributed by atoms with E-state index in [1.807, 2.05) is 25.1 Å². The van der Waals surface area contributed by atoms with Gasteiger partial charge in [0.1, 0.15) is 10.3 Å². The first-order chi connectivity index (χ1) is 8.98. The molecule has 0 aliphatic carbocycles. The summed E-state index contributed by atoms with van der Waals surface area (Å²) in [6, 6.07) is 0. The third-order valence-corrected chi connectivity index (χ3v) is 3.68. The van der Waals surface area contributed by atoms with Crippen molar-refractivity contribution in [3.8, 4) is 0 Å². The first-order valence-corrected chi connectivity index (χ1v) is 7.11. The molecule has 0 fully saturated rings. The number of hydrogen-bond donors (Lipinski definition) is 2. The zero-order chi connectivity index (χ0) is 13.9. The Bertz CT molecular complexity index is 456. The van der Waals surface area contributed by atoms with E-state index in [0.717, 1.165) is 31.8 Å². The molecule has 0 bridgehead atoms. The van der Waals surface area contributed by atoms with Crippen LogP contribution in [0.5, 0.6) is 0 Å². The van der Waals surface area contributed by atoms with E-state index >= 15 is 0 Å². The maximum atomic E-state index is 11.9. The largest absolute Gasteiger partial charge is 0.370 e. The summed E-state index contributed by atoms with van der Waals surface area (Å²) >= 11 is 3.57. The minimum atomic E-state index is -0.558. The molecule has 1 amide bonds. The van der Waals surface area contributed by atoms with E-state index in [9.17, 15) is 4.79 Å². The summed E-state index contributed by atoms with van der Waals surface area (Å²) < 4.78 is -0.558. The van der Waals surface area contributed by atoms with Crippen molar-refractivity contribution in [1.82, 2.24) is 15.5 Å². The van der Waals surface area contributed by atoms with Crippen LogP contribution in [0.2, 0.25) is 0 Å². The monoisotopic (exact) mass is 326 g/mol. The lowest BCUT2D eigenvalue weighted by atomic mass is 10.0. The number of halogens is 1. The van der Waals surface area contributed by atoms with Crippen LogP contribution in [-0.4, -0.2) is 48.7 Å². The Morgan fingerprint density at radius 2 is 2.47 bits per heavy atom. The second-order valence-electron chi connectivity index (χ2n) is 5.08. The van der Waals surface area contributed by atoms with E-state index in [1.54, 1.807) is 12.3 Å². The van der Waals surface area contributed by atoms with Gasteiger partial charge in [0.2, 0.25) is 5.91 Å². The van der Waals surface area contributed by atoms with Crippen LogP contribution in [0.15, 0.2) is 28.5 Å². The summed E-state index contributed by atoms with van der Waals surface area (Å²) in [4.78, 5) is 18.2. The van der Waals surface area contributed by atoms with Crippen molar-refractivity contribution in [1.29, 1.82) is 0 Å². The van der Waals surface area contributed by atoms with E-state index < -0.39 is 4.45 Å². The van der Waals surface area contributed by atoms with Gasteiger partial charge in [-0.1, -0.05) is 22.0 Å². The highest BCUT2D eigenvalue weighted by Crippen LogP contribution is 2.31. The third kappa shape index (κ3) is 3.91. The van der Waals surface area contributed by atoms with Gasteiger partial charge >= 0.3 is 0 Å². The third-order valence-electron chi connectivity index (χ3n) is 2.99. The molecule has 1 atom stereocenters. The molecule has 0 saturated heterocycles. The molecule has 0 spiro atoms. The van der Waals surface area contributed by atoms with Crippen molar-refractivity contribution >= 4 is 28.1 Å². The number of carbonyl (C=O) groups excluding carboxylic acids is 1. The Balaban J connectivity index is 1.91. The van der Waals surface area contributed by atoms with Gasteiger partial charge in [0, 0.05) is 31.8 Å². The van der Waals surface area contributed by atoms with Crippen LogP contribution in [0.3, 0.4) is 0 Å². The van der Waals surface area contributed by atoms with Gasteiger partial charge in [-0.2, -0.15) is 0 Å². The normalized spacial score (nSPS) is 25.9. The molecular weight excluding hydrogens is 308 g/mol. The molecule has 0 radical (unpaired) electrons. The number of amides is 1. The number of rotatable bonds is 4. The minimum Gasteiger partial charge on any atom is -0.370 e. The molecule has 0 aromatic carbocycles. The molecule has 0 saturated carbocycles. The van der Waals surface area contributed by atoms with Crippen molar-refractivity contribution < 1.29 is 4.79 Å². The summed E-state index contributed by atoms with van der Waals surface area (Å²) in [5.74, 6) is 0.854. The number of nitrogens with one attached hydrogen (secondary N) is 2. The molecule has 2 N–H and O–H groups in total. The number of nitrogens with zero attached hydrogens (tertiary/aromatic N) is 2. The zero-order valence-electron chi connectivity index (χ0n) is 11.2. The van der Waals surface area contributed by atoms with Crippen molar-refractivity contribution in [2.24, 2.45) is 4.99 Å². The molecule has 1 unspecified atom stereocenters. The number of likely N-dealkylation sites (N-methyl/N-ethyl adjacent to an activating group) is 1. The predicted molar refractivity (Wildman–Crippen MR) is 80.2 cm³/mol. The van der Waals surface area contributed by atoms with Gasteiger partial charge in [-0.15, -0.1) is 0 Å². The average molecular weight is 327 g/mol. The van der Waals surface area contributed by atoms with Gasteiger partial charge in [0.15, 0.2) is 0 Å². The lowest BCUT2D eigenvalue weighted by Crippen LogP contribution is -2.45. The maximum absolute atomic E-state index is 11.9. The van der Waals surface area contributed by atoms with Crippen LogP contribution in [0, 0.1) is 0 Å². The maximum Gasteiger partial charge on any atom is 0.245 e. The van der Waals surface area contributed by atoms with Crippen molar-refractivity contribution in [3.05, 3.63) is 23.5 Å². The van der Waals surface area contributed by atoms with Gasteiger partial charge in [0.05, 0.1) is 0 Å².